The fourth-order valence-electron chi connectivity index (χ4n) is 0.950. The highest BCUT2D eigenvalue weighted by molar-refractivity contribution is 5.79. The fourth-order valence-corrected chi connectivity index (χ4v) is 0.950. The molecule has 0 saturated heterocycles. The molecule has 0 radical (unpaired) electrons. The van der Waals surface area contributed by atoms with Crippen LogP contribution in [0.1, 0.15) is 34.1 Å². The Hall–Kier alpha value is -0.570. The van der Waals surface area contributed by atoms with E-state index in [9.17, 15) is 4.79 Å². The molecular weight excluding hydrogens is 152 g/mol. The lowest BCUT2D eigenvalue weighted by Gasteiger charge is -2.21. The summed E-state index contributed by atoms with van der Waals surface area (Å²) in [5, 5.41) is 0. The van der Waals surface area contributed by atoms with E-state index in [1.807, 2.05) is 39.6 Å². The van der Waals surface area contributed by atoms with Gasteiger partial charge in [-0.05, 0) is 20.0 Å². The van der Waals surface area contributed by atoms with Crippen LogP contribution in [0.15, 0.2) is 0 Å². The largest absolute Gasteiger partial charge is 0.368 e. The zero-order valence-corrected chi connectivity index (χ0v) is 8.92. The lowest BCUT2D eigenvalue weighted by Crippen LogP contribution is -2.41. The van der Waals surface area contributed by atoms with Crippen molar-refractivity contribution in [2.75, 3.05) is 13.6 Å². The summed E-state index contributed by atoms with van der Waals surface area (Å²) in [7, 11) is 1.90. The molecule has 0 aliphatic carbocycles. The molecule has 3 nitrogen and oxygen atoms in total. The monoisotopic (exact) mass is 174 g/mol. The molecule has 74 valence electrons. The second kappa shape index (κ2) is 8.53. The van der Waals surface area contributed by atoms with Gasteiger partial charge in [0.05, 0.1) is 6.04 Å². The highest BCUT2D eigenvalue weighted by Gasteiger charge is 2.15. The number of primary amides is 1. The smallest absolute Gasteiger partial charge is 0.234 e. The third-order valence-corrected chi connectivity index (χ3v) is 1.75. The van der Waals surface area contributed by atoms with Crippen LogP contribution in [0.5, 0.6) is 0 Å². The lowest BCUT2D eigenvalue weighted by molar-refractivity contribution is -0.122. The molecule has 0 spiro atoms. The van der Waals surface area contributed by atoms with E-state index in [-0.39, 0.29) is 11.9 Å². The Labute approximate surface area is 75.9 Å². The molecule has 0 rings (SSSR count). The number of nitrogens with two attached hydrogens (primary N) is 1. The van der Waals surface area contributed by atoms with Gasteiger partial charge in [-0.15, -0.1) is 0 Å². The van der Waals surface area contributed by atoms with Crippen LogP contribution in [0.4, 0.5) is 0 Å². The molecular formula is C9H22N2O. The quantitative estimate of drug-likeness (QED) is 0.696. The van der Waals surface area contributed by atoms with Crippen LogP contribution in [0.2, 0.25) is 0 Å². The highest BCUT2D eigenvalue weighted by Crippen LogP contribution is 1.98. The normalized spacial score (nSPS) is 11.8. The van der Waals surface area contributed by atoms with Crippen LogP contribution in [0.3, 0.4) is 0 Å². The first-order chi connectivity index (χ1) is 5.63. The Morgan fingerprint density at radius 3 is 1.92 bits per heavy atom. The van der Waals surface area contributed by atoms with Gasteiger partial charge >= 0.3 is 0 Å². The van der Waals surface area contributed by atoms with E-state index in [1.165, 1.54) is 0 Å². The predicted octanol–water partition coefficient (Wildman–Crippen LogP) is 1.23. The molecule has 0 bridgehead atoms. The van der Waals surface area contributed by atoms with Crippen molar-refractivity contribution in [2.45, 2.75) is 40.2 Å². The Kier molecular flexibility index (Phi) is 9.93. The molecule has 0 aliphatic heterocycles. The summed E-state index contributed by atoms with van der Waals surface area (Å²) in [6, 6.07) is -0.0926. The third-order valence-electron chi connectivity index (χ3n) is 1.75. The highest BCUT2D eigenvalue weighted by atomic mass is 16.1. The van der Waals surface area contributed by atoms with Gasteiger partial charge in [-0.3, -0.25) is 9.69 Å². The minimum absolute atomic E-state index is 0.0926. The predicted molar refractivity (Wildman–Crippen MR) is 52.9 cm³/mol. The van der Waals surface area contributed by atoms with Gasteiger partial charge in [0.1, 0.15) is 0 Å². The summed E-state index contributed by atoms with van der Waals surface area (Å²) in [5.74, 6) is -0.230. The Bertz CT molecular complexity index is 115. The SMILES string of the molecule is CC.CC[C@@H](C(N)=O)N(C)CC. The minimum Gasteiger partial charge on any atom is -0.368 e. The molecule has 0 unspecified atom stereocenters. The van der Waals surface area contributed by atoms with Gasteiger partial charge in [-0.25, -0.2) is 0 Å². The number of amides is 1. The lowest BCUT2D eigenvalue weighted by atomic mass is 10.2. The summed E-state index contributed by atoms with van der Waals surface area (Å²) in [6.07, 6.45) is 0.791. The zero-order chi connectivity index (χ0) is 10.1. The minimum atomic E-state index is -0.230. The van der Waals surface area contributed by atoms with Crippen LogP contribution in [0.25, 0.3) is 0 Å². The van der Waals surface area contributed by atoms with E-state index >= 15 is 0 Å². The maximum Gasteiger partial charge on any atom is 0.234 e. The van der Waals surface area contributed by atoms with E-state index in [0.29, 0.717) is 0 Å². The molecule has 0 aromatic rings. The summed E-state index contributed by atoms with van der Waals surface area (Å²) in [5.41, 5.74) is 5.14. The Balaban J connectivity index is 0. The van der Waals surface area contributed by atoms with Crippen LogP contribution >= 0.6 is 0 Å². The van der Waals surface area contributed by atoms with E-state index < -0.39 is 0 Å². The molecule has 12 heavy (non-hydrogen) atoms. The zero-order valence-electron chi connectivity index (χ0n) is 8.92. The fraction of sp³-hybridized carbons (Fsp3) is 0.889. The van der Waals surface area contributed by atoms with E-state index in [2.05, 4.69) is 0 Å². The standard InChI is InChI=1S/C7H16N2O.C2H6/c1-4-6(7(8)10)9(3)5-2;1-2/h6H,4-5H2,1-3H3,(H2,8,10);1-2H3/t6-;/m0./s1. The first kappa shape index (κ1) is 14.0. The number of hydrogen-bond acceptors (Lipinski definition) is 2. The number of hydrogen-bond donors (Lipinski definition) is 1. The van der Waals surface area contributed by atoms with Gasteiger partial charge in [-0.1, -0.05) is 27.7 Å². The molecule has 0 aromatic carbocycles. The molecule has 0 aliphatic rings. The van der Waals surface area contributed by atoms with Crippen molar-refractivity contribution in [3.05, 3.63) is 0 Å². The van der Waals surface area contributed by atoms with Crippen molar-refractivity contribution in [1.29, 1.82) is 0 Å². The van der Waals surface area contributed by atoms with Gasteiger partial charge < -0.3 is 5.73 Å². The van der Waals surface area contributed by atoms with Gasteiger partial charge in [-0.2, -0.15) is 0 Å². The number of carbonyl (C=O) groups excluding carboxylic acids is 1. The van der Waals surface area contributed by atoms with Gasteiger partial charge in [0, 0.05) is 0 Å². The number of likely N-dealkylation sites (N-methyl/N-ethyl adjacent to an activating group) is 1. The molecule has 1 amide bonds. The maximum absolute atomic E-state index is 10.7. The van der Waals surface area contributed by atoms with Gasteiger partial charge in [0.2, 0.25) is 5.91 Å². The average Bonchev–Trinajstić information content (AvgIpc) is 2.08. The molecule has 0 saturated carbocycles. The molecule has 2 N–H and O–H groups in total. The third kappa shape index (κ3) is 5.13. The second-order valence-electron chi connectivity index (χ2n) is 2.40. The topological polar surface area (TPSA) is 46.3 Å². The molecule has 0 fully saturated rings. The molecule has 1 atom stereocenters. The maximum atomic E-state index is 10.7. The van der Waals surface area contributed by atoms with Crippen molar-refractivity contribution in [3.8, 4) is 0 Å². The van der Waals surface area contributed by atoms with E-state index in [4.69, 9.17) is 5.73 Å². The first-order valence-corrected chi connectivity index (χ1v) is 4.63. The number of nitrogens with zero attached hydrogens (tertiary/aromatic N) is 1. The van der Waals surface area contributed by atoms with E-state index in [0.717, 1.165) is 13.0 Å². The van der Waals surface area contributed by atoms with Crippen LogP contribution in [-0.4, -0.2) is 30.4 Å². The van der Waals surface area contributed by atoms with Gasteiger partial charge in [0.25, 0.3) is 0 Å². The average molecular weight is 174 g/mol. The number of carbonyl (C=O) groups is 1. The molecule has 3 heteroatoms. The Morgan fingerprint density at radius 1 is 1.42 bits per heavy atom. The second-order valence-corrected chi connectivity index (χ2v) is 2.40. The van der Waals surface area contributed by atoms with E-state index in [1.54, 1.807) is 0 Å². The molecule has 0 aromatic heterocycles. The Morgan fingerprint density at radius 2 is 1.83 bits per heavy atom. The summed E-state index contributed by atoms with van der Waals surface area (Å²) in [4.78, 5) is 12.7. The van der Waals surface area contributed by atoms with Crippen molar-refractivity contribution in [3.63, 3.8) is 0 Å². The van der Waals surface area contributed by atoms with Gasteiger partial charge in [0.15, 0.2) is 0 Å². The summed E-state index contributed by atoms with van der Waals surface area (Å²) in [6.45, 7) is 8.83. The van der Waals surface area contributed by atoms with Crippen molar-refractivity contribution >= 4 is 5.91 Å². The summed E-state index contributed by atoms with van der Waals surface area (Å²) < 4.78 is 0. The summed E-state index contributed by atoms with van der Waals surface area (Å²) >= 11 is 0. The van der Waals surface area contributed by atoms with Crippen LogP contribution < -0.4 is 5.73 Å². The van der Waals surface area contributed by atoms with Crippen molar-refractivity contribution < 1.29 is 4.79 Å². The number of rotatable bonds is 4. The van der Waals surface area contributed by atoms with Crippen LogP contribution in [-0.2, 0) is 4.79 Å². The van der Waals surface area contributed by atoms with Crippen molar-refractivity contribution in [1.82, 2.24) is 4.90 Å². The molecule has 0 heterocycles. The van der Waals surface area contributed by atoms with Crippen LogP contribution in [0, 0.1) is 0 Å². The van der Waals surface area contributed by atoms with Crippen molar-refractivity contribution in [2.24, 2.45) is 5.73 Å². The first-order valence-electron chi connectivity index (χ1n) is 4.63.